The van der Waals surface area contributed by atoms with E-state index in [1.807, 2.05) is 0 Å². The zero-order valence-electron chi connectivity index (χ0n) is 13.3. The monoisotopic (exact) mass is 348 g/mol. The number of aromatic nitrogens is 2. The van der Waals surface area contributed by atoms with Crippen molar-refractivity contribution in [2.75, 3.05) is 4.72 Å². The topological polar surface area (TPSA) is 120 Å². The third kappa shape index (κ3) is 2.42. The van der Waals surface area contributed by atoms with Crippen LogP contribution in [0.4, 0.5) is 5.69 Å². The van der Waals surface area contributed by atoms with Crippen LogP contribution in [-0.2, 0) is 17.1 Å². The second-order valence-electron chi connectivity index (χ2n) is 5.40. The molecule has 2 heterocycles. The van der Waals surface area contributed by atoms with Crippen molar-refractivity contribution in [3.8, 4) is 0 Å². The molecule has 126 valence electrons. The second-order valence-corrected chi connectivity index (χ2v) is 7.01. The fourth-order valence-electron chi connectivity index (χ4n) is 2.65. The van der Waals surface area contributed by atoms with Crippen LogP contribution in [0, 0.1) is 13.8 Å². The molecule has 3 aromatic rings. The number of rotatable bonds is 4. The third-order valence-electron chi connectivity index (χ3n) is 3.77. The zero-order chi connectivity index (χ0) is 17.6. The molecule has 24 heavy (non-hydrogen) atoms. The first-order valence-corrected chi connectivity index (χ1v) is 8.55. The Kier molecular flexibility index (Phi) is 3.60. The first-order chi connectivity index (χ1) is 11.2. The normalized spacial score (nSPS) is 11.8. The maximum Gasteiger partial charge on any atom is 0.286 e. The van der Waals surface area contributed by atoms with Gasteiger partial charge in [-0.25, -0.2) is 8.42 Å². The van der Waals surface area contributed by atoms with E-state index in [4.69, 9.17) is 10.2 Å². The summed E-state index contributed by atoms with van der Waals surface area (Å²) in [5.41, 5.74) is 6.55. The van der Waals surface area contributed by atoms with E-state index in [1.165, 1.54) is 4.68 Å². The van der Waals surface area contributed by atoms with Crippen LogP contribution in [0.25, 0.3) is 11.0 Å². The molecule has 0 aliphatic rings. The number of nitrogens with two attached hydrogens (primary N) is 1. The van der Waals surface area contributed by atoms with Crippen molar-refractivity contribution < 1.29 is 17.6 Å². The summed E-state index contributed by atoms with van der Waals surface area (Å²) in [4.78, 5) is 11.7. The Balaban J connectivity index is 2.19. The van der Waals surface area contributed by atoms with Crippen LogP contribution >= 0.6 is 0 Å². The van der Waals surface area contributed by atoms with Crippen molar-refractivity contribution in [3.05, 3.63) is 41.4 Å². The van der Waals surface area contributed by atoms with Gasteiger partial charge in [0.25, 0.3) is 15.9 Å². The molecule has 8 nitrogen and oxygen atoms in total. The number of aryl methyl sites for hydroxylation is 2. The van der Waals surface area contributed by atoms with E-state index in [2.05, 4.69) is 9.82 Å². The Hall–Kier alpha value is -2.81. The molecule has 3 rings (SSSR count). The van der Waals surface area contributed by atoms with Gasteiger partial charge in [-0.15, -0.1) is 0 Å². The van der Waals surface area contributed by atoms with Crippen LogP contribution in [0.5, 0.6) is 0 Å². The van der Waals surface area contributed by atoms with Gasteiger partial charge in [0.05, 0.1) is 11.4 Å². The summed E-state index contributed by atoms with van der Waals surface area (Å²) < 4.78 is 34.9. The SMILES string of the molecule is Cc1nn(C)c(C)c1S(=O)(=O)Nc1c(C(N)=O)oc2ccccc12. The number of nitrogens with one attached hydrogen (secondary N) is 1. The van der Waals surface area contributed by atoms with Gasteiger partial charge in [0.2, 0.25) is 5.76 Å². The summed E-state index contributed by atoms with van der Waals surface area (Å²) >= 11 is 0. The highest BCUT2D eigenvalue weighted by Gasteiger charge is 2.28. The van der Waals surface area contributed by atoms with E-state index in [0.717, 1.165) is 0 Å². The van der Waals surface area contributed by atoms with Gasteiger partial charge in [-0.1, -0.05) is 12.1 Å². The molecular weight excluding hydrogens is 332 g/mol. The van der Waals surface area contributed by atoms with Gasteiger partial charge in [0.15, 0.2) is 0 Å². The standard InChI is InChI=1S/C15H16N4O4S/c1-8-14(9(2)19(3)17-8)24(21,22)18-12-10-6-4-5-7-11(10)23-13(12)15(16)20/h4-7,18H,1-3H3,(H2,16,20). The number of carbonyl (C=O) groups excluding carboxylic acids is 1. The number of nitrogens with zero attached hydrogens (tertiary/aromatic N) is 2. The van der Waals surface area contributed by atoms with E-state index in [9.17, 15) is 13.2 Å². The first-order valence-electron chi connectivity index (χ1n) is 7.06. The van der Waals surface area contributed by atoms with Crippen LogP contribution in [-0.4, -0.2) is 24.1 Å². The van der Waals surface area contributed by atoms with E-state index in [-0.39, 0.29) is 16.3 Å². The summed E-state index contributed by atoms with van der Waals surface area (Å²) in [7, 11) is -2.32. The summed E-state index contributed by atoms with van der Waals surface area (Å²) in [5.74, 6) is -1.09. The van der Waals surface area contributed by atoms with Crippen molar-refractivity contribution >= 4 is 32.6 Å². The largest absolute Gasteiger partial charge is 0.449 e. The minimum atomic E-state index is -3.97. The summed E-state index contributed by atoms with van der Waals surface area (Å²) in [6.07, 6.45) is 0. The number of amides is 1. The predicted octanol–water partition coefficient (Wildman–Crippen LogP) is 1.68. The van der Waals surface area contributed by atoms with Gasteiger partial charge in [-0.2, -0.15) is 5.10 Å². The number of hydrogen-bond acceptors (Lipinski definition) is 5. The minimum Gasteiger partial charge on any atom is -0.449 e. The van der Waals surface area contributed by atoms with Crippen LogP contribution in [0.3, 0.4) is 0 Å². The van der Waals surface area contributed by atoms with Gasteiger partial charge in [-0.05, 0) is 26.0 Å². The molecule has 0 unspecified atom stereocenters. The van der Waals surface area contributed by atoms with Gasteiger partial charge in [0.1, 0.15) is 16.2 Å². The molecule has 3 N–H and O–H groups in total. The fraction of sp³-hybridized carbons (Fsp3) is 0.200. The molecule has 0 atom stereocenters. The lowest BCUT2D eigenvalue weighted by molar-refractivity contribution is 0.0977. The molecule has 0 spiro atoms. The number of hydrogen-bond donors (Lipinski definition) is 2. The van der Waals surface area contributed by atoms with Gasteiger partial charge in [0, 0.05) is 12.4 Å². The number of sulfonamides is 1. The van der Waals surface area contributed by atoms with Crippen molar-refractivity contribution in [1.82, 2.24) is 9.78 Å². The lowest BCUT2D eigenvalue weighted by Crippen LogP contribution is -2.18. The Labute approximate surface area is 138 Å². The average molecular weight is 348 g/mol. The first kappa shape index (κ1) is 16.1. The summed E-state index contributed by atoms with van der Waals surface area (Å²) in [5, 5.41) is 4.56. The van der Waals surface area contributed by atoms with Gasteiger partial charge in [-0.3, -0.25) is 14.2 Å². The molecule has 9 heteroatoms. The Morgan fingerprint density at radius 3 is 2.54 bits per heavy atom. The molecule has 0 bridgehead atoms. The number of primary amides is 1. The Morgan fingerprint density at radius 2 is 1.96 bits per heavy atom. The van der Waals surface area contributed by atoms with Crippen LogP contribution in [0.1, 0.15) is 21.9 Å². The van der Waals surface area contributed by atoms with Crippen molar-refractivity contribution in [2.24, 2.45) is 12.8 Å². The highest BCUT2D eigenvalue weighted by atomic mass is 32.2. The number of furan rings is 1. The quantitative estimate of drug-likeness (QED) is 0.743. The Morgan fingerprint density at radius 1 is 1.29 bits per heavy atom. The average Bonchev–Trinajstić information content (AvgIpc) is 2.97. The highest BCUT2D eigenvalue weighted by Crippen LogP contribution is 2.33. The molecule has 1 amide bonds. The highest BCUT2D eigenvalue weighted by molar-refractivity contribution is 7.92. The molecule has 0 fully saturated rings. The number of para-hydroxylation sites is 1. The van der Waals surface area contributed by atoms with E-state index < -0.39 is 15.9 Å². The Bertz CT molecular complexity index is 1060. The lowest BCUT2D eigenvalue weighted by Gasteiger charge is -2.08. The molecule has 2 aromatic heterocycles. The van der Waals surface area contributed by atoms with Gasteiger partial charge < -0.3 is 10.2 Å². The van der Waals surface area contributed by atoms with E-state index in [1.54, 1.807) is 45.2 Å². The van der Waals surface area contributed by atoms with Gasteiger partial charge >= 0.3 is 0 Å². The van der Waals surface area contributed by atoms with Crippen LogP contribution in [0.15, 0.2) is 33.6 Å². The maximum atomic E-state index is 12.8. The maximum absolute atomic E-state index is 12.8. The zero-order valence-corrected chi connectivity index (χ0v) is 14.1. The fourth-order valence-corrected chi connectivity index (χ4v) is 4.17. The van der Waals surface area contributed by atoms with E-state index >= 15 is 0 Å². The third-order valence-corrected chi connectivity index (χ3v) is 5.37. The minimum absolute atomic E-state index is 0.0285. The van der Waals surface area contributed by atoms with Crippen molar-refractivity contribution in [2.45, 2.75) is 18.7 Å². The molecule has 0 radical (unpaired) electrons. The smallest absolute Gasteiger partial charge is 0.286 e. The van der Waals surface area contributed by atoms with Crippen molar-refractivity contribution in [3.63, 3.8) is 0 Å². The number of benzene rings is 1. The molecule has 0 saturated carbocycles. The summed E-state index contributed by atoms with van der Waals surface area (Å²) in [6.45, 7) is 3.25. The second kappa shape index (κ2) is 5.38. The number of anilines is 1. The lowest BCUT2D eigenvalue weighted by atomic mass is 10.2. The molecule has 0 saturated heterocycles. The summed E-state index contributed by atoms with van der Waals surface area (Å²) in [6, 6.07) is 6.69. The van der Waals surface area contributed by atoms with Crippen LogP contribution < -0.4 is 10.5 Å². The molecule has 1 aromatic carbocycles. The number of carbonyl (C=O) groups is 1. The number of fused-ring (bicyclic) bond motifs is 1. The van der Waals surface area contributed by atoms with Crippen molar-refractivity contribution in [1.29, 1.82) is 0 Å². The van der Waals surface area contributed by atoms with E-state index in [0.29, 0.717) is 22.4 Å². The molecular formula is C15H16N4O4S. The molecule has 0 aliphatic heterocycles. The van der Waals surface area contributed by atoms with Crippen LogP contribution in [0.2, 0.25) is 0 Å². The predicted molar refractivity (Wildman–Crippen MR) is 88.2 cm³/mol. The molecule has 0 aliphatic carbocycles.